The second-order valence-electron chi connectivity index (χ2n) is 4.84. The molecule has 0 bridgehead atoms. The Bertz CT molecular complexity index is 568. The molecule has 0 spiro atoms. The van der Waals surface area contributed by atoms with Crippen LogP contribution in [0.25, 0.3) is 5.82 Å². The summed E-state index contributed by atoms with van der Waals surface area (Å²) in [6, 6.07) is 3.37. The predicted octanol–water partition coefficient (Wildman–Crippen LogP) is 0.943. The number of carbonyl (C=O) groups is 1. The van der Waals surface area contributed by atoms with Crippen LogP contribution < -0.4 is 5.32 Å². The Morgan fingerprint density at radius 2 is 2.14 bits per heavy atom. The van der Waals surface area contributed by atoms with Crippen molar-refractivity contribution in [1.29, 1.82) is 0 Å². The van der Waals surface area contributed by atoms with Crippen LogP contribution in [-0.4, -0.2) is 42.9 Å². The molecule has 2 N–H and O–H groups in total. The van der Waals surface area contributed by atoms with Gasteiger partial charge >= 0.3 is 0 Å². The first-order valence-electron chi connectivity index (χ1n) is 6.88. The molecule has 0 atom stereocenters. The molecular formula is C14H19N5O2. The molecule has 0 aliphatic heterocycles. The average molecular weight is 289 g/mol. The monoisotopic (exact) mass is 289 g/mol. The molecule has 0 saturated carbocycles. The van der Waals surface area contributed by atoms with Gasteiger partial charge in [-0.15, -0.1) is 0 Å². The second kappa shape index (κ2) is 6.45. The zero-order chi connectivity index (χ0) is 15.3. The Labute approximate surface area is 123 Å². The van der Waals surface area contributed by atoms with Crippen LogP contribution in [0.4, 0.5) is 0 Å². The Morgan fingerprint density at radius 3 is 2.62 bits per heavy atom. The maximum atomic E-state index is 12.2. The van der Waals surface area contributed by atoms with Crippen LogP contribution in [0.2, 0.25) is 0 Å². The first-order chi connectivity index (χ1) is 10.1. The first kappa shape index (κ1) is 15.1. The van der Waals surface area contributed by atoms with Gasteiger partial charge in [-0.25, -0.2) is 14.6 Å². The highest BCUT2D eigenvalue weighted by Crippen LogP contribution is 2.15. The maximum absolute atomic E-state index is 12.2. The van der Waals surface area contributed by atoms with Crippen LogP contribution in [0.1, 0.15) is 37.0 Å². The summed E-state index contributed by atoms with van der Waals surface area (Å²) in [7, 11) is 0. The minimum atomic E-state index is -0.582. The van der Waals surface area contributed by atoms with Crippen molar-refractivity contribution in [2.45, 2.75) is 32.2 Å². The van der Waals surface area contributed by atoms with Crippen molar-refractivity contribution in [3.8, 4) is 5.82 Å². The maximum Gasteiger partial charge on any atom is 0.253 e. The summed E-state index contributed by atoms with van der Waals surface area (Å²) in [6.07, 6.45) is 5.76. The molecule has 21 heavy (non-hydrogen) atoms. The van der Waals surface area contributed by atoms with E-state index in [1.54, 1.807) is 12.1 Å². The van der Waals surface area contributed by atoms with E-state index in [0.29, 0.717) is 24.2 Å². The van der Waals surface area contributed by atoms with E-state index in [-0.39, 0.29) is 12.5 Å². The molecule has 7 heteroatoms. The van der Waals surface area contributed by atoms with Gasteiger partial charge < -0.3 is 10.4 Å². The minimum Gasteiger partial charge on any atom is -0.394 e. The fourth-order valence-electron chi connectivity index (χ4n) is 1.99. The van der Waals surface area contributed by atoms with Crippen molar-refractivity contribution in [2.75, 3.05) is 6.61 Å². The number of aromatic nitrogens is 4. The van der Waals surface area contributed by atoms with Crippen LogP contribution >= 0.6 is 0 Å². The number of hydrogen-bond donors (Lipinski definition) is 2. The summed E-state index contributed by atoms with van der Waals surface area (Å²) in [5.74, 6) is 0.342. The van der Waals surface area contributed by atoms with Crippen molar-refractivity contribution >= 4 is 5.91 Å². The topological polar surface area (TPSA) is 92.9 Å². The lowest BCUT2D eigenvalue weighted by Crippen LogP contribution is -2.50. The highest BCUT2D eigenvalue weighted by atomic mass is 16.3. The predicted molar refractivity (Wildman–Crippen MR) is 77.0 cm³/mol. The normalized spacial score (nSPS) is 11.4. The molecule has 2 heterocycles. The van der Waals surface area contributed by atoms with E-state index in [4.69, 9.17) is 0 Å². The largest absolute Gasteiger partial charge is 0.394 e. The minimum absolute atomic E-state index is 0.0871. The Kier molecular flexibility index (Phi) is 4.64. The van der Waals surface area contributed by atoms with Crippen LogP contribution in [0, 0.1) is 0 Å². The molecule has 2 aromatic rings. The third-order valence-corrected chi connectivity index (χ3v) is 3.70. The fourth-order valence-corrected chi connectivity index (χ4v) is 1.99. The Morgan fingerprint density at radius 1 is 1.38 bits per heavy atom. The number of rotatable bonds is 6. The number of amides is 1. The summed E-state index contributed by atoms with van der Waals surface area (Å²) in [5.41, 5.74) is -0.139. The molecule has 2 aromatic heterocycles. The smallest absolute Gasteiger partial charge is 0.253 e. The van der Waals surface area contributed by atoms with E-state index in [2.05, 4.69) is 20.4 Å². The highest BCUT2D eigenvalue weighted by Gasteiger charge is 2.27. The van der Waals surface area contributed by atoms with Crippen LogP contribution in [0.15, 0.2) is 31.0 Å². The molecule has 0 aliphatic carbocycles. The van der Waals surface area contributed by atoms with Gasteiger partial charge in [0.1, 0.15) is 12.7 Å². The summed E-state index contributed by atoms with van der Waals surface area (Å²) >= 11 is 0. The van der Waals surface area contributed by atoms with Gasteiger partial charge in [-0.3, -0.25) is 4.79 Å². The third kappa shape index (κ3) is 3.25. The number of pyridine rings is 1. The molecule has 0 unspecified atom stereocenters. The molecule has 0 fully saturated rings. The zero-order valence-corrected chi connectivity index (χ0v) is 12.2. The lowest BCUT2D eigenvalue weighted by atomic mass is 9.93. The summed E-state index contributed by atoms with van der Waals surface area (Å²) in [6.45, 7) is 3.79. The summed E-state index contributed by atoms with van der Waals surface area (Å²) in [5, 5.41) is 16.3. The van der Waals surface area contributed by atoms with E-state index in [9.17, 15) is 9.90 Å². The SMILES string of the molecule is CCC(CC)(CO)NC(=O)c1ccc(-n2cncn2)nc1. The van der Waals surface area contributed by atoms with Crippen molar-refractivity contribution < 1.29 is 9.90 Å². The third-order valence-electron chi connectivity index (χ3n) is 3.70. The summed E-state index contributed by atoms with van der Waals surface area (Å²) in [4.78, 5) is 20.3. The Hall–Kier alpha value is -2.28. The molecule has 112 valence electrons. The average Bonchev–Trinajstić information content (AvgIpc) is 3.07. The Balaban J connectivity index is 2.13. The lowest BCUT2D eigenvalue weighted by molar-refractivity contribution is 0.0817. The van der Waals surface area contributed by atoms with Gasteiger partial charge in [0.05, 0.1) is 17.7 Å². The van der Waals surface area contributed by atoms with Crippen molar-refractivity contribution in [3.63, 3.8) is 0 Å². The fraction of sp³-hybridized carbons (Fsp3) is 0.429. The van der Waals surface area contributed by atoms with Gasteiger partial charge in [0.2, 0.25) is 0 Å². The number of nitrogens with one attached hydrogen (secondary N) is 1. The van der Waals surface area contributed by atoms with E-state index in [1.807, 2.05) is 13.8 Å². The van der Waals surface area contributed by atoms with Crippen LogP contribution in [0.5, 0.6) is 0 Å². The van der Waals surface area contributed by atoms with E-state index in [1.165, 1.54) is 23.5 Å². The van der Waals surface area contributed by atoms with Gasteiger partial charge in [0, 0.05) is 6.20 Å². The molecule has 0 aromatic carbocycles. The van der Waals surface area contributed by atoms with E-state index < -0.39 is 5.54 Å². The van der Waals surface area contributed by atoms with Crippen molar-refractivity contribution in [2.24, 2.45) is 0 Å². The van der Waals surface area contributed by atoms with Crippen molar-refractivity contribution in [3.05, 3.63) is 36.5 Å². The molecule has 7 nitrogen and oxygen atoms in total. The second-order valence-corrected chi connectivity index (χ2v) is 4.84. The first-order valence-corrected chi connectivity index (χ1v) is 6.88. The quantitative estimate of drug-likeness (QED) is 0.825. The van der Waals surface area contributed by atoms with Gasteiger partial charge in [0.15, 0.2) is 5.82 Å². The van der Waals surface area contributed by atoms with Crippen LogP contribution in [-0.2, 0) is 0 Å². The van der Waals surface area contributed by atoms with Gasteiger partial charge in [-0.1, -0.05) is 13.8 Å². The molecule has 0 aliphatic rings. The van der Waals surface area contributed by atoms with Gasteiger partial charge in [-0.05, 0) is 25.0 Å². The van der Waals surface area contributed by atoms with Crippen molar-refractivity contribution in [1.82, 2.24) is 25.1 Å². The summed E-state index contributed by atoms with van der Waals surface area (Å²) < 4.78 is 1.51. The number of carbonyl (C=O) groups excluding carboxylic acids is 1. The highest BCUT2D eigenvalue weighted by molar-refractivity contribution is 5.94. The molecule has 1 amide bonds. The zero-order valence-electron chi connectivity index (χ0n) is 12.2. The molecular weight excluding hydrogens is 270 g/mol. The molecule has 0 saturated heterocycles. The van der Waals surface area contributed by atoms with Gasteiger partial charge in [0.25, 0.3) is 5.91 Å². The number of nitrogens with zero attached hydrogens (tertiary/aromatic N) is 4. The standard InChI is InChI=1S/C14H19N5O2/c1-3-14(4-2,8-20)18-13(21)11-5-6-12(16-7-11)19-10-15-9-17-19/h5-7,9-10,20H,3-4,8H2,1-2H3,(H,18,21). The van der Waals surface area contributed by atoms with Crippen LogP contribution in [0.3, 0.4) is 0 Å². The van der Waals surface area contributed by atoms with E-state index >= 15 is 0 Å². The lowest BCUT2D eigenvalue weighted by Gasteiger charge is -2.30. The number of aliphatic hydroxyl groups is 1. The van der Waals surface area contributed by atoms with Gasteiger partial charge in [-0.2, -0.15) is 5.10 Å². The number of aliphatic hydroxyl groups excluding tert-OH is 1. The number of hydrogen-bond acceptors (Lipinski definition) is 5. The molecule has 2 rings (SSSR count). The molecule has 0 radical (unpaired) electrons. The van der Waals surface area contributed by atoms with E-state index in [0.717, 1.165) is 0 Å².